The van der Waals surface area contributed by atoms with Crippen LogP contribution in [0.1, 0.15) is 17.5 Å². The van der Waals surface area contributed by atoms with E-state index < -0.39 is 10.0 Å². The lowest BCUT2D eigenvalue weighted by Gasteiger charge is -2.22. The predicted molar refractivity (Wildman–Crippen MR) is 95.6 cm³/mol. The van der Waals surface area contributed by atoms with Crippen LogP contribution in [-0.4, -0.2) is 54.7 Å². The van der Waals surface area contributed by atoms with Gasteiger partial charge < -0.3 is 9.88 Å². The number of aromatic nitrogens is 1. The third-order valence-corrected chi connectivity index (χ3v) is 6.41. The van der Waals surface area contributed by atoms with Crippen LogP contribution in [0.5, 0.6) is 0 Å². The number of carbonyl (C=O) groups is 1. The fourth-order valence-electron chi connectivity index (χ4n) is 3.06. The summed E-state index contributed by atoms with van der Waals surface area (Å²) >= 11 is 0. The fourth-order valence-corrected chi connectivity index (χ4v) is 4.67. The molecule has 0 bridgehead atoms. The highest BCUT2D eigenvalue weighted by atomic mass is 32.2. The number of sulfonamides is 1. The zero-order chi connectivity index (χ0) is 18.6. The third kappa shape index (κ3) is 3.79. The number of rotatable bonds is 4. The van der Waals surface area contributed by atoms with E-state index in [2.05, 4.69) is 4.98 Å². The second-order valence-electron chi connectivity index (χ2n) is 6.14. The van der Waals surface area contributed by atoms with E-state index in [-0.39, 0.29) is 22.9 Å². The molecule has 2 heterocycles. The van der Waals surface area contributed by atoms with Gasteiger partial charge in [-0.3, -0.25) is 4.79 Å². The van der Waals surface area contributed by atoms with Gasteiger partial charge in [0.15, 0.2) is 0 Å². The van der Waals surface area contributed by atoms with Crippen LogP contribution in [0.3, 0.4) is 0 Å². The van der Waals surface area contributed by atoms with Crippen LogP contribution in [0.2, 0.25) is 0 Å². The van der Waals surface area contributed by atoms with Crippen LogP contribution in [0.15, 0.2) is 47.6 Å². The van der Waals surface area contributed by atoms with Crippen molar-refractivity contribution in [1.82, 2.24) is 14.2 Å². The minimum absolute atomic E-state index is 0.0127. The summed E-state index contributed by atoms with van der Waals surface area (Å²) in [6.07, 6.45) is 4.41. The van der Waals surface area contributed by atoms with Gasteiger partial charge in [0.05, 0.1) is 16.9 Å². The van der Waals surface area contributed by atoms with E-state index in [4.69, 9.17) is 0 Å². The number of aromatic amines is 1. The Kier molecular flexibility index (Phi) is 5.40. The molecule has 0 unspecified atom stereocenters. The summed E-state index contributed by atoms with van der Waals surface area (Å²) in [6, 6.07) is 9.99. The van der Waals surface area contributed by atoms with E-state index in [0.717, 1.165) is 5.56 Å². The van der Waals surface area contributed by atoms with Gasteiger partial charge in [0, 0.05) is 38.6 Å². The van der Waals surface area contributed by atoms with Crippen LogP contribution in [0.4, 0.5) is 0 Å². The maximum Gasteiger partial charge on any atom is 0.244 e. The van der Waals surface area contributed by atoms with Crippen molar-refractivity contribution >= 4 is 15.9 Å². The Morgan fingerprint density at radius 3 is 2.69 bits per heavy atom. The largest absolute Gasteiger partial charge is 0.367 e. The van der Waals surface area contributed by atoms with Gasteiger partial charge in [-0.25, -0.2) is 8.42 Å². The normalized spacial score (nSPS) is 16.0. The smallest absolute Gasteiger partial charge is 0.244 e. The van der Waals surface area contributed by atoms with Crippen molar-refractivity contribution in [2.75, 3.05) is 26.2 Å². The first-order chi connectivity index (χ1) is 12.5. The second kappa shape index (κ2) is 7.72. The van der Waals surface area contributed by atoms with E-state index in [9.17, 15) is 18.5 Å². The number of benzene rings is 1. The highest BCUT2D eigenvalue weighted by Gasteiger charge is 2.29. The average molecular weight is 372 g/mol. The molecule has 1 aliphatic heterocycles. The first-order valence-electron chi connectivity index (χ1n) is 8.41. The van der Waals surface area contributed by atoms with E-state index in [1.807, 2.05) is 12.1 Å². The molecule has 0 radical (unpaired) electrons. The van der Waals surface area contributed by atoms with Gasteiger partial charge in [0.25, 0.3) is 0 Å². The number of nitrogens with zero attached hydrogens (tertiary/aromatic N) is 3. The Morgan fingerprint density at radius 1 is 1.15 bits per heavy atom. The standard InChI is InChI=1S/C18H20N4O3S/c19-13-16-4-1-2-5-17(16)26(24,25)22-9-3-8-21(10-11-22)18(23)12-15-6-7-20-14-15/h1-2,4-7,14,20H,3,8-12H2. The number of nitrogens with one attached hydrogen (secondary N) is 1. The number of H-pyrrole nitrogens is 1. The Hall–Kier alpha value is -2.63. The first-order valence-corrected chi connectivity index (χ1v) is 9.85. The summed E-state index contributed by atoms with van der Waals surface area (Å²) in [4.78, 5) is 17.1. The molecule has 1 amide bonds. The molecule has 2 aromatic rings. The molecule has 1 saturated heterocycles. The zero-order valence-corrected chi connectivity index (χ0v) is 15.1. The Morgan fingerprint density at radius 2 is 1.96 bits per heavy atom. The highest BCUT2D eigenvalue weighted by Crippen LogP contribution is 2.21. The molecule has 7 nitrogen and oxygen atoms in total. The van der Waals surface area contributed by atoms with Gasteiger partial charge in [0.1, 0.15) is 6.07 Å². The van der Waals surface area contributed by atoms with Crippen molar-refractivity contribution in [2.45, 2.75) is 17.7 Å². The van der Waals surface area contributed by atoms with Gasteiger partial charge in [-0.2, -0.15) is 9.57 Å². The molecule has 1 aliphatic rings. The molecule has 0 atom stereocenters. The SMILES string of the molecule is N#Cc1ccccc1S(=O)(=O)N1CCCN(C(=O)Cc2cc[nH]c2)CC1. The number of amides is 1. The summed E-state index contributed by atoms with van der Waals surface area (Å²) in [6.45, 7) is 1.42. The van der Waals surface area contributed by atoms with Crippen LogP contribution >= 0.6 is 0 Å². The van der Waals surface area contributed by atoms with Crippen molar-refractivity contribution in [1.29, 1.82) is 5.26 Å². The maximum absolute atomic E-state index is 12.9. The lowest BCUT2D eigenvalue weighted by atomic mass is 10.2. The van der Waals surface area contributed by atoms with Crippen LogP contribution in [-0.2, 0) is 21.2 Å². The minimum atomic E-state index is -3.76. The van der Waals surface area contributed by atoms with Crippen molar-refractivity contribution in [3.63, 3.8) is 0 Å². The van der Waals surface area contributed by atoms with Crippen molar-refractivity contribution in [3.05, 3.63) is 53.9 Å². The van der Waals surface area contributed by atoms with Gasteiger partial charge in [-0.1, -0.05) is 12.1 Å². The quantitative estimate of drug-likeness (QED) is 0.876. The summed E-state index contributed by atoms with van der Waals surface area (Å²) in [7, 11) is -3.76. The molecular formula is C18H20N4O3S. The fraction of sp³-hybridized carbons (Fsp3) is 0.333. The van der Waals surface area contributed by atoms with Crippen molar-refractivity contribution in [3.8, 4) is 6.07 Å². The summed E-state index contributed by atoms with van der Waals surface area (Å²) in [5, 5.41) is 9.18. The average Bonchev–Trinajstić information content (AvgIpc) is 3.02. The van der Waals surface area contributed by atoms with Crippen molar-refractivity contribution in [2.24, 2.45) is 0 Å². The molecule has 3 rings (SSSR count). The maximum atomic E-state index is 12.9. The Balaban J connectivity index is 1.72. The molecule has 1 N–H and O–H groups in total. The molecule has 136 valence electrons. The topological polar surface area (TPSA) is 97.3 Å². The number of hydrogen-bond acceptors (Lipinski definition) is 4. The van der Waals surface area contributed by atoms with Crippen molar-refractivity contribution < 1.29 is 13.2 Å². The van der Waals surface area contributed by atoms with Gasteiger partial charge in [0.2, 0.25) is 15.9 Å². The lowest BCUT2D eigenvalue weighted by Crippen LogP contribution is -2.38. The number of carbonyl (C=O) groups excluding carboxylic acids is 1. The summed E-state index contributed by atoms with van der Waals surface area (Å²) in [5.41, 5.74) is 1.05. The lowest BCUT2D eigenvalue weighted by molar-refractivity contribution is -0.130. The number of nitriles is 1. The van der Waals surface area contributed by atoms with E-state index in [1.54, 1.807) is 29.4 Å². The minimum Gasteiger partial charge on any atom is -0.367 e. The molecule has 1 aromatic heterocycles. The van der Waals surface area contributed by atoms with E-state index in [1.165, 1.54) is 16.4 Å². The molecular weight excluding hydrogens is 352 g/mol. The molecule has 1 fully saturated rings. The molecule has 0 saturated carbocycles. The van der Waals surface area contributed by atoms with E-state index in [0.29, 0.717) is 32.5 Å². The first kappa shape index (κ1) is 18.2. The second-order valence-corrected chi connectivity index (χ2v) is 8.05. The Bertz CT molecular complexity index is 916. The zero-order valence-electron chi connectivity index (χ0n) is 14.3. The molecule has 0 aliphatic carbocycles. The third-order valence-electron chi connectivity index (χ3n) is 4.45. The van der Waals surface area contributed by atoms with Crippen LogP contribution in [0.25, 0.3) is 0 Å². The summed E-state index contributed by atoms with van der Waals surface area (Å²) in [5.74, 6) is -0.0127. The molecule has 0 spiro atoms. The van der Waals surface area contributed by atoms with Gasteiger partial charge in [-0.15, -0.1) is 0 Å². The number of hydrogen-bond donors (Lipinski definition) is 1. The van der Waals surface area contributed by atoms with Gasteiger partial charge >= 0.3 is 0 Å². The predicted octanol–water partition coefficient (Wildman–Crippen LogP) is 1.35. The molecule has 26 heavy (non-hydrogen) atoms. The van der Waals surface area contributed by atoms with E-state index >= 15 is 0 Å². The molecule has 1 aromatic carbocycles. The van der Waals surface area contributed by atoms with Crippen LogP contribution in [0, 0.1) is 11.3 Å². The monoisotopic (exact) mass is 372 g/mol. The van der Waals surface area contributed by atoms with Gasteiger partial charge in [-0.05, 0) is 30.2 Å². The molecule has 8 heteroatoms. The summed E-state index contributed by atoms with van der Waals surface area (Å²) < 4.78 is 27.2. The highest BCUT2D eigenvalue weighted by molar-refractivity contribution is 7.89. The Labute approximate surface area is 152 Å². The van der Waals surface area contributed by atoms with Crippen LogP contribution < -0.4 is 0 Å².